The number of benzene rings is 2. The van der Waals surface area contributed by atoms with E-state index in [1.807, 2.05) is 19.1 Å². The van der Waals surface area contributed by atoms with Crippen LogP contribution in [0.3, 0.4) is 0 Å². The van der Waals surface area contributed by atoms with Gasteiger partial charge in [-0.25, -0.2) is 9.59 Å². The Morgan fingerprint density at radius 2 is 1.65 bits per heavy atom. The lowest BCUT2D eigenvalue weighted by Gasteiger charge is -2.37. The van der Waals surface area contributed by atoms with E-state index in [1.54, 1.807) is 46.2 Å². The van der Waals surface area contributed by atoms with Crippen molar-refractivity contribution in [2.75, 3.05) is 44.7 Å². The van der Waals surface area contributed by atoms with Crippen LogP contribution in [0.15, 0.2) is 48.5 Å². The molecule has 0 bridgehead atoms. The van der Waals surface area contributed by atoms with Crippen molar-refractivity contribution in [3.63, 3.8) is 0 Å². The van der Waals surface area contributed by atoms with Gasteiger partial charge in [0.2, 0.25) is 6.10 Å². The van der Waals surface area contributed by atoms with E-state index < -0.39 is 12.1 Å². The van der Waals surface area contributed by atoms with Gasteiger partial charge in [-0.15, -0.1) is 0 Å². The number of piperazine rings is 1. The molecule has 34 heavy (non-hydrogen) atoms. The molecule has 9 heteroatoms. The lowest BCUT2D eigenvalue weighted by molar-refractivity contribution is -0.142. The molecule has 0 spiro atoms. The molecule has 2 heterocycles. The molecular formula is C25H29N3O6. The monoisotopic (exact) mass is 467 g/mol. The van der Waals surface area contributed by atoms with E-state index in [0.29, 0.717) is 55.5 Å². The second-order valence-electron chi connectivity index (χ2n) is 8.14. The normalized spacial score (nSPS) is 17.1. The highest BCUT2D eigenvalue weighted by molar-refractivity contribution is 6.00. The second kappa shape index (κ2) is 10.9. The fourth-order valence-electron chi connectivity index (χ4n) is 3.83. The molecule has 2 aliphatic heterocycles. The molecule has 0 aromatic heterocycles. The smallest absolute Gasteiger partial charge is 0.340 e. The molecule has 0 saturated carbocycles. The molecule has 1 fully saturated rings. The highest BCUT2D eigenvalue weighted by Gasteiger charge is 2.33. The van der Waals surface area contributed by atoms with E-state index >= 15 is 0 Å². The summed E-state index contributed by atoms with van der Waals surface area (Å²) in [7, 11) is 0. The topological polar surface area (TPSA) is 97.4 Å². The molecule has 1 N–H and O–H groups in total. The highest BCUT2D eigenvalue weighted by atomic mass is 16.6. The average Bonchev–Trinajstić information content (AvgIpc) is 2.88. The SMILES string of the molecule is CCCCOC(=O)c1ccccc1NC(=O)N1CCN(C(=O)C2COc3ccccc3O2)CC1. The van der Waals surface area contributed by atoms with Gasteiger partial charge in [0, 0.05) is 26.2 Å². The maximum absolute atomic E-state index is 12.9. The van der Waals surface area contributed by atoms with E-state index in [1.165, 1.54) is 0 Å². The molecule has 2 aromatic carbocycles. The van der Waals surface area contributed by atoms with Crippen LogP contribution in [0.1, 0.15) is 30.1 Å². The number of carbonyl (C=O) groups excluding carboxylic acids is 3. The first-order valence-electron chi connectivity index (χ1n) is 11.6. The summed E-state index contributed by atoms with van der Waals surface area (Å²) in [5.41, 5.74) is 0.717. The van der Waals surface area contributed by atoms with E-state index in [0.717, 1.165) is 12.8 Å². The number of para-hydroxylation sites is 3. The van der Waals surface area contributed by atoms with Crippen molar-refractivity contribution in [1.82, 2.24) is 9.80 Å². The van der Waals surface area contributed by atoms with Gasteiger partial charge in [-0.3, -0.25) is 4.79 Å². The number of nitrogens with one attached hydrogen (secondary N) is 1. The maximum Gasteiger partial charge on any atom is 0.340 e. The minimum absolute atomic E-state index is 0.154. The third kappa shape index (κ3) is 5.41. The molecule has 2 aliphatic rings. The van der Waals surface area contributed by atoms with Crippen LogP contribution in [0.2, 0.25) is 0 Å². The zero-order chi connectivity index (χ0) is 23.9. The summed E-state index contributed by atoms with van der Waals surface area (Å²) in [6.45, 7) is 4.01. The fraction of sp³-hybridized carbons (Fsp3) is 0.400. The van der Waals surface area contributed by atoms with Gasteiger partial charge in [0.1, 0.15) is 6.61 Å². The number of fused-ring (bicyclic) bond motifs is 1. The van der Waals surface area contributed by atoms with Gasteiger partial charge in [0.15, 0.2) is 11.5 Å². The first kappa shape index (κ1) is 23.4. The van der Waals surface area contributed by atoms with Crippen LogP contribution in [0.25, 0.3) is 0 Å². The quantitative estimate of drug-likeness (QED) is 0.518. The van der Waals surface area contributed by atoms with E-state index in [-0.39, 0.29) is 18.5 Å². The summed E-state index contributed by atoms with van der Waals surface area (Å²) in [5, 5.41) is 2.81. The predicted octanol–water partition coefficient (Wildman–Crippen LogP) is 3.16. The number of hydrogen-bond acceptors (Lipinski definition) is 6. The Hall–Kier alpha value is -3.75. The number of unbranched alkanes of at least 4 members (excludes halogenated alkanes) is 1. The van der Waals surface area contributed by atoms with Gasteiger partial charge in [-0.1, -0.05) is 37.6 Å². The van der Waals surface area contributed by atoms with Gasteiger partial charge in [-0.2, -0.15) is 0 Å². The lowest BCUT2D eigenvalue weighted by Crippen LogP contribution is -2.55. The third-order valence-corrected chi connectivity index (χ3v) is 5.78. The van der Waals surface area contributed by atoms with Crippen LogP contribution in [0, 0.1) is 0 Å². The Kier molecular flexibility index (Phi) is 7.51. The Balaban J connectivity index is 1.30. The minimum atomic E-state index is -0.708. The van der Waals surface area contributed by atoms with E-state index in [4.69, 9.17) is 14.2 Å². The van der Waals surface area contributed by atoms with Gasteiger partial charge in [0.25, 0.3) is 5.91 Å². The molecule has 9 nitrogen and oxygen atoms in total. The summed E-state index contributed by atoms with van der Waals surface area (Å²) in [6.07, 6.45) is 1.00. The second-order valence-corrected chi connectivity index (χ2v) is 8.14. The molecule has 1 unspecified atom stereocenters. The Labute approximate surface area is 198 Å². The number of nitrogens with zero attached hydrogens (tertiary/aromatic N) is 2. The van der Waals surface area contributed by atoms with Crippen molar-refractivity contribution in [3.05, 3.63) is 54.1 Å². The van der Waals surface area contributed by atoms with Crippen LogP contribution in [-0.2, 0) is 9.53 Å². The van der Waals surface area contributed by atoms with Crippen molar-refractivity contribution in [2.24, 2.45) is 0 Å². The van der Waals surface area contributed by atoms with Gasteiger partial charge in [0.05, 0.1) is 17.9 Å². The molecule has 1 atom stereocenters. The number of urea groups is 1. The summed E-state index contributed by atoms with van der Waals surface area (Å²) in [5.74, 6) is 0.560. The summed E-state index contributed by atoms with van der Waals surface area (Å²) in [4.78, 5) is 41.4. The average molecular weight is 468 g/mol. The first-order valence-corrected chi connectivity index (χ1v) is 11.6. The van der Waals surface area contributed by atoms with Crippen molar-refractivity contribution >= 4 is 23.6 Å². The van der Waals surface area contributed by atoms with Crippen molar-refractivity contribution in [2.45, 2.75) is 25.9 Å². The number of rotatable bonds is 6. The van der Waals surface area contributed by atoms with Gasteiger partial charge >= 0.3 is 12.0 Å². The number of amides is 3. The number of anilines is 1. The van der Waals surface area contributed by atoms with Crippen molar-refractivity contribution in [1.29, 1.82) is 0 Å². The molecule has 4 rings (SSSR count). The molecule has 0 radical (unpaired) electrons. The van der Waals surface area contributed by atoms with Crippen LogP contribution < -0.4 is 14.8 Å². The molecular weight excluding hydrogens is 438 g/mol. The number of carbonyl (C=O) groups is 3. The van der Waals surface area contributed by atoms with E-state index in [2.05, 4.69) is 5.32 Å². The summed E-state index contributed by atoms with van der Waals surface area (Å²) in [6, 6.07) is 13.7. The van der Waals surface area contributed by atoms with Crippen LogP contribution in [0.5, 0.6) is 11.5 Å². The maximum atomic E-state index is 12.9. The van der Waals surface area contributed by atoms with Gasteiger partial charge < -0.3 is 29.3 Å². The predicted molar refractivity (Wildman–Crippen MR) is 125 cm³/mol. The van der Waals surface area contributed by atoms with Crippen LogP contribution >= 0.6 is 0 Å². The zero-order valence-corrected chi connectivity index (χ0v) is 19.2. The number of hydrogen-bond donors (Lipinski definition) is 1. The zero-order valence-electron chi connectivity index (χ0n) is 19.2. The molecule has 0 aliphatic carbocycles. The fourth-order valence-corrected chi connectivity index (χ4v) is 3.83. The minimum Gasteiger partial charge on any atom is -0.485 e. The van der Waals surface area contributed by atoms with Crippen molar-refractivity contribution < 1.29 is 28.6 Å². The van der Waals surface area contributed by atoms with Crippen LogP contribution in [0.4, 0.5) is 10.5 Å². The summed E-state index contributed by atoms with van der Waals surface area (Å²) < 4.78 is 16.8. The Bertz CT molecular complexity index is 1030. The molecule has 180 valence electrons. The van der Waals surface area contributed by atoms with Crippen LogP contribution in [-0.4, -0.2) is 73.2 Å². The van der Waals surface area contributed by atoms with E-state index in [9.17, 15) is 14.4 Å². The largest absolute Gasteiger partial charge is 0.485 e. The first-order chi connectivity index (χ1) is 16.6. The van der Waals surface area contributed by atoms with Crippen molar-refractivity contribution in [3.8, 4) is 11.5 Å². The highest BCUT2D eigenvalue weighted by Crippen LogP contribution is 2.31. The lowest BCUT2D eigenvalue weighted by atomic mass is 10.2. The Morgan fingerprint density at radius 1 is 0.971 bits per heavy atom. The number of ether oxygens (including phenoxy) is 3. The summed E-state index contributed by atoms with van der Waals surface area (Å²) >= 11 is 0. The third-order valence-electron chi connectivity index (χ3n) is 5.78. The Morgan fingerprint density at radius 3 is 2.41 bits per heavy atom. The van der Waals surface area contributed by atoms with Gasteiger partial charge in [-0.05, 0) is 30.7 Å². The molecule has 2 aromatic rings. The molecule has 3 amide bonds. The standard InChI is InChI=1S/C25H29N3O6/c1-2-3-16-32-24(30)18-8-4-5-9-19(18)26-25(31)28-14-12-27(13-15-28)23(29)22-17-33-20-10-6-7-11-21(20)34-22/h4-11,22H,2-3,12-17H2,1H3,(H,26,31). The molecule has 1 saturated heterocycles. The number of esters is 1.